The van der Waals surface area contributed by atoms with Crippen molar-refractivity contribution in [3.05, 3.63) is 206 Å². The number of rotatable bonds is 5. The van der Waals surface area contributed by atoms with Crippen molar-refractivity contribution in [3.8, 4) is 45.1 Å². The Labute approximate surface area is 350 Å². The van der Waals surface area contributed by atoms with Crippen molar-refractivity contribution in [1.82, 2.24) is 19.1 Å². The molecule has 61 heavy (non-hydrogen) atoms. The number of hydrogen-bond donors (Lipinski definition) is 0. The number of benzene rings is 9. The summed E-state index contributed by atoms with van der Waals surface area (Å²) in [6.45, 7) is 0. The van der Waals surface area contributed by atoms with Gasteiger partial charge < -0.3 is 8.98 Å². The standard InChI is InChI=1S/C56H34N4O/c1-3-13-35(14-4-1)37-23-25-39(26-24-37)53-43-18-7-10-20-46(43)57-56(58-53)60-47-21-11-8-19-44(47)51-48(60)34-32-45-52-49(33-31-42-41-17-9-12-22-50(41)61-55(42)52)59(54(45)51)40-29-27-38(28-30-40)36-15-5-2-6-16-36/h1-34H. The van der Waals surface area contributed by atoms with Crippen molar-refractivity contribution in [2.45, 2.75) is 0 Å². The van der Waals surface area contributed by atoms with Crippen LogP contribution in [0.4, 0.5) is 0 Å². The van der Waals surface area contributed by atoms with Crippen molar-refractivity contribution in [3.63, 3.8) is 0 Å². The van der Waals surface area contributed by atoms with Crippen LogP contribution < -0.4 is 0 Å². The summed E-state index contributed by atoms with van der Waals surface area (Å²) in [4.78, 5) is 10.8. The number of hydrogen-bond acceptors (Lipinski definition) is 3. The third-order valence-corrected chi connectivity index (χ3v) is 12.4. The minimum atomic E-state index is 0.626. The van der Waals surface area contributed by atoms with Crippen LogP contribution in [-0.2, 0) is 0 Å². The lowest BCUT2D eigenvalue weighted by Gasteiger charge is -2.12. The SMILES string of the molecule is c1ccc(-c2ccc(-c3nc(-n4c5ccccc5c5c4ccc4c6c7oc8ccccc8c7ccc6n(-c6ccc(-c7ccccc7)cc6)c45)nc4ccccc34)cc2)cc1. The van der Waals surface area contributed by atoms with E-state index in [4.69, 9.17) is 14.4 Å². The quantitative estimate of drug-likeness (QED) is 0.175. The number of aromatic nitrogens is 4. The summed E-state index contributed by atoms with van der Waals surface area (Å²) in [5.74, 6) is 0.626. The van der Waals surface area contributed by atoms with Crippen molar-refractivity contribution in [2.75, 3.05) is 0 Å². The summed E-state index contributed by atoms with van der Waals surface area (Å²) in [7, 11) is 0. The third-order valence-electron chi connectivity index (χ3n) is 12.4. The predicted octanol–water partition coefficient (Wildman–Crippen LogP) is 14.7. The molecular weight excluding hydrogens is 745 g/mol. The second-order valence-electron chi connectivity index (χ2n) is 15.7. The highest BCUT2D eigenvalue weighted by atomic mass is 16.3. The van der Waals surface area contributed by atoms with Gasteiger partial charge in [-0.3, -0.25) is 4.57 Å². The summed E-state index contributed by atoms with van der Waals surface area (Å²) in [5.41, 5.74) is 14.6. The zero-order valence-electron chi connectivity index (χ0n) is 32.8. The van der Waals surface area contributed by atoms with Gasteiger partial charge in [0.15, 0.2) is 0 Å². The molecule has 4 heterocycles. The van der Waals surface area contributed by atoms with Crippen LogP contribution >= 0.6 is 0 Å². The summed E-state index contributed by atoms with van der Waals surface area (Å²) >= 11 is 0. The summed E-state index contributed by atoms with van der Waals surface area (Å²) in [6.07, 6.45) is 0. The molecule has 0 spiro atoms. The molecule has 284 valence electrons. The third kappa shape index (κ3) is 5.08. The summed E-state index contributed by atoms with van der Waals surface area (Å²) in [6, 6.07) is 73.0. The molecule has 0 aliphatic heterocycles. The maximum absolute atomic E-state index is 6.76. The lowest BCUT2D eigenvalue weighted by Crippen LogP contribution is -2.03. The van der Waals surface area contributed by atoms with Crippen molar-refractivity contribution in [2.24, 2.45) is 0 Å². The van der Waals surface area contributed by atoms with Gasteiger partial charge in [0.25, 0.3) is 0 Å². The maximum Gasteiger partial charge on any atom is 0.235 e. The lowest BCUT2D eigenvalue weighted by molar-refractivity contribution is 0.673. The van der Waals surface area contributed by atoms with Crippen molar-refractivity contribution >= 4 is 76.5 Å². The molecule has 0 unspecified atom stereocenters. The Morgan fingerprint density at radius 2 is 0.902 bits per heavy atom. The number of fused-ring (bicyclic) bond motifs is 12. The first-order chi connectivity index (χ1) is 30.3. The molecule has 9 aromatic carbocycles. The lowest BCUT2D eigenvalue weighted by atomic mass is 10.0. The number of nitrogens with zero attached hydrogens (tertiary/aromatic N) is 4. The molecule has 0 aliphatic rings. The summed E-state index contributed by atoms with van der Waals surface area (Å²) < 4.78 is 11.4. The van der Waals surface area contributed by atoms with E-state index in [1.165, 1.54) is 22.3 Å². The molecule has 4 aromatic heterocycles. The van der Waals surface area contributed by atoms with Gasteiger partial charge in [-0.15, -0.1) is 0 Å². The highest BCUT2D eigenvalue weighted by Crippen LogP contribution is 2.45. The zero-order valence-corrected chi connectivity index (χ0v) is 32.8. The Kier molecular flexibility index (Phi) is 7.24. The minimum Gasteiger partial charge on any atom is -0.455 e. The van der Waals surface area contributed by atoms with Gasteiger partial charge >= 0.3 is 0 Å². The van der Waals surface area contributed by atoms with Gasteiger partial charge in [0.05, 0.1) is 38.7 Å². The Hall–Kier alpha value is -8.28. The maximum atomic E-state index is 6.76. The molecule has 0 aliphatic carbocycles. The topological polar surface area (TPSA) is 48.8 Å². The van der Waals surface area contributed by atoms with E-state index in [9.17, 15) is 0 Å². The first kappa shape index (κ1) is 33.7. The second kappa shape index (κ2) is 13.1. The van der Waals surface area contributed by atoms with E-state index in [1.807, 2.05) is 6.07 Å². The average molecular weight is 779 g/mol. The van der Waals surface area contributed by atoms with E-state index in [0.29, 0.717) is 5.95 Å². The van der Waals surface area contributed by atoms with E-state index in [-0.39, 0.29) is 0 Å². The molecule has 0 fully saturated rings. The van der Waals surface area contributed by atoms with E-state index >= 15 is 0 Å². The molecule has 5 nitrogen and oxygen atoms in total. The Morgan fingerprint density at radius 3 is 1.64 bits per heavy atom. The largest absolute Gasteiger partial charge is 0.455 e. The van der Waals surface area contributed by atoms with Crippen LogP contribution in [0.2, 0.25) is 0 Å². The van der Waals surface area contributed by atoms with Gasteiger partial charge in [0, 0.05) is 43.6 Å². The van der Waals surface area contributed by atoms with Gasteiger partial charge in [0.1, 0.15) is 11.2 Å². The molecule has 0 amide bonds. The molecule has 0 N–H and O–H groups in total. The molecule has 0 atom stereocenters. The van der Waals surface area contributed by atoms with Crippen molar-refractivity contribution < 1.29 is 4.42 Å². The van der Waals surface area contributed by atoms with Gasteiger partial charge in [0.2, 0.25) is 5.95 Å². The molecule has 0 radical (unpaired) electrons. The van der Waals surface area contributed by atoms with Crippen LogP contribution in [0.15, 0.2) is 211 Å². The van der Waals surface area contributed by atoms with Crippen LogP contribution in [0.3, 0.4) is 0 Å². The van der Waals surface area contributed by atoms with Gasteiger partial charge in [-0.05, 0) is 76.9 Å². The zero-order chi connectivity index (χ0) is 40.0. The van der Waals surface area contributed by atoms with Crippen LogP contribution in [0, 0.1) is 0 Å². The molecule has 13 rings (SSSR count). The van der Waals surface area contributed by atoms with Crippen LogP contribution in [0.25, 0.3) is 122 Å². The van der Waals surface area contributed by atoms with Gasteiger partial charge in [-0.1, -0.05) is 152 Å². The van der Waals surface area contributed by atoms with Crippen molar-refractivity contribution in [1.29, 1.82) is 0 Å². The van der Waals surface area contributed by atoms with E-state index in [2.05, 4.69) is 209 Å². The van der Waals surface area contributed by atoms with Crippen LogP contribution in [0.1, 0.15) is 0 Å². The number of para-hydroxylation sites is 3. The Balaban J connectivity index is 1.10. The first-order valence-electron chi connectivity index (χ1n) is 20.7. The fourth-order valence-electron chi connectivity index (χ4n) is 9.57. The number of furan rings is 1. The predicted molar refractivity (Wildman–Crippen MR) is 252 cm³/mol. The van der Waals surface area contributed by atoms with Crippen LogP contribution in [-0.4, -0.2) is 19.1 Å². The fraction of sp³-hybridized carbons (Fsp3) is 0. The van der Waals surface area contributed by atoms with E-state index < -0.39 is 0 Å². The molecule has 13 aromatic rings. The Morgan fingerprint density at radius 1 is 0.344 bits per heavy atom. The minimum absolute atomic E-state index is 0.626. The highest BCUT2D eigenvalue weighted by Gasteiger charge is 2.25. The van der Waals surface area contributed by atoms with E-state index in [1.54, 1.807) is 0 Å². The van der Waals surface area contributed by atoms with Gasteiger partial charge in [-0.2, -0.15) is 0 Å². The normalized spacial score (nSPS) is 11.9. The molecule has 5 heteroatoms. The highest BCUT2D eigenvalue weighted by molar-refractivity contribution is 6.31. The Bertz CT molecular complexity index is 3840. The van der Waals surface area contributed by atoms with Crippen LogP contribution in [0.5, 0.6) is 0 Å². The molecular formula is C56H34N4O. The monoisotopic (exact) mass is 778 g/mol. The molecule has 0 saturated heterocycles. The average Bonchev–Trinajstić information content (AvgIpc) is 4.00. The fourth-order valence-corrected chi connectivity index (χ4v) is 9.57. The molecule has 0 bridgehead atoms. The first-order valence-corrected chi connectivity index (χ1v) is 20.7. The van der Waals surface area contributed by atoms with E-state index in [0.717, 1.165) is 93.4 Å². The van der Waals surface area contributed by atoms with Gasteiger partial charge in [-0.25, -0.2) is 9.97 Å². The smallest absolute Gasteiger partial charge is 0.235 e. The molecule has 0 saturated carbocycles. The summed E-state index contributed by atoms with van der Waals surface area (Å²) in [5, 5.41) is 7.71. The second-order valence-corrected chi connectivity index (χ2v) is 15.7.